The molecular weight excluding hydrogens is 452 g/mol. The minimum atomic E-state index is 0. The van der Waals surface area contributed by atoms with Gasteiger partial charge in [-0.3, -0.25) is 4.79 Å². The number of amides is 1. The van der Waals surface area contributed by atoms with Gasteiger partial charge in [0.15, 0.2) is 6.54 Å². The lowest BCUT2D eigenvalue weighted by Gasteiger charge is -2.02. The smallest absolute Gasteiger partial charge is 0.244 e. The van der Waals surface area contributed by atoms with E-state index in [1.165, 1.54) is 44.9 Å². The number of unbranched alkanes of at least 4 members (excludes halogenated alkanes) is 8. The van der Waals surface area contributed by atoms with Crippen LogP contribution < -0.4 is 26.9 Å². The van der Waals surface area contributed by atoms with Crippen molar-refractivity contribution in [2.24, 2.45) is 0 Å². The van der Waals surface area contributed by atoms with Crippen LogP contribution in [0.5, 0.6) is 0 Å². The summed E-state index contributed by atoms with van der Waals surface area (Å²) in [6.45, 7) is 4.06. The van der Waals surface area contributed by atoms with Crippen LogP contribution in [0.15, 0.2) is 18.7 Å². The number of imidazole rings is 1. The highest BCUT2D eigenvalue weighted by Gasteiger charge is 2.03. The zero-order valence-corrected chi connectivity index (χ0v) is 20.6. The predicted octanol–water partition coefficient (Wildman–Crippen LogP) is 1.13. The van der Waals surface area contributed by atoms with Crippen LogP contribution in [-0.2, 0) is 17.9 Å². The molecule has 0 aliphatic rings. The third-order valence-corrected chi connectivity index (χ3v) is 4.79. The third-order valence-electron chi connectivity index (χ3n) is 4.79. The van der Waals surface area contributed by atoms with Crippen LogP contribution in [0.25, 0.3) is 0 Å². The number of carbonyl (C=O) groups excluding carboxylic acids is 1. The first kappa shape index (κ1) is 28.8. The number of halogens is 1. The Morgan fingerprint density at radius 3 is 2.39 bits per heavy atom. The van der Waals surface area contributed by atoms with Gasteiger partial charge in [-0.2, -0.15) is 5.26 Å². The molecule has 0 atom stereocenters. The largest absolute Gasteiger partial charge is 1.00 e. The zero-order chi connectivity index (χ0) is 21.7. The fourth-order valence-corrected chi connectivity index (χ4v) is 3.06. The van der Waals surface area contributed by atoms with Crippen LogP contribution >= 0.6 is 0 Å². The second-order valence-corrected chi connectivity index (χ2v) is 7.51. The van der Waals surface area contributed by atoms with Crippen molar-refractivity contribution in [2.45, 2.75) is 97.1 Å². The number of hydrogen-bond acceptors (Lipinski definition) is 2. The molecule has 0 unspecified atom stereocenters. The lowest BCUT2D eigenvalue weighted by molar-refractivity contribution is -0.696. The molecule has 0 fully saturated rings. The maximum Gasteiger partial charge on any atom is 0.244 e. The standard InChI is InChI=1S/C25H36N4O.BrH/c1-2-3-4-5-6-7-8-9-10-11-12-13-14-15-17-25(30)27-19-16-20-28-22-23-29(24-28)21-18-26;/h22-24H,2-10,15-17,19-21H2,1H3;1H. The molecule has 0 bridgehead atoms. The summed E-state index contributed by atoms with van der Waals surface area (Å²) in [6.07, 6.45) is 18.9. The molecule has 0 aliphatic heterocycles. The van der Waals surface area contributed by atoms with E-state index < -0.39 is 0 Å². The Morgan fingerprint density at radius 2 is 1.68 bits per heavy atom. The molecule has 1 N–H and O–H groups in total. The summed E-state index contributed by atoms with van der Waals surface area (Å²) in [6, 6.07) is 2.11. The van der Waals surface area contributed by atoms with Crippen LogP contribution in [0.1, 0.15) is 84.0 Å². The molecule has 1 aromatic heterocycles. The average Bonchev–Trinajstić information content (AvgIpc) is 3.19. The molecule has 0 spiro atoms. The van der Waals surface area contributed by atoms with E-state index >= 15 is 0 Å². The van der Waals surface area contributed by atoms with E-state index in [9.17, 15) is 4.79 Å². The highest BCUT2D eigenvalue weighted by Crippen LogP contribution is 2.09. The van der Waals surface area contributed by atoms with Crippen LogP contribution in [0, 0.1) is 35.0 Å². The Kier molecular flexibility index (Phi) is 19.5. The first-order chi connectivity index (χ1) is 14.8. The van der Waals surface area contributed by atoms with E-state index in [2.05, 4.69) is 42.0 Å². The summed E-state index contributed by atoms with van der Waals surface area (Å²) >= 11 is 0. The number of hydrogen-bond donors (Lipinski definition) is 1. The average molecular weight is 490 g/mol. The molecule has 31 heavy (non-hydrogen) atoms. The van der Waals surface area contributed by atoms with Crippen LogP contribution in [0.4, 0.5) is 0 Å². The van der Waals surface area contributed by atoms with Gasteiger partial charge in [0, 0.05) is 32.2 Å². The van der Waals surface area contributed by atoms with Gasteiger partial charge in [0.1, 0.15) is 18.5 Å². The van der Waals surface area contributed by atoms with Crippen LogP contribution in [0.2, 0.25) is 0 Å². The first-order valence-electron chi connectivity index (χ1n) is 11.4. The van der Waals surface area contributed by atoms with Gasteiger partial charge in [-0.05, 0) is 18.3 Å². The van der Waals surface area contributed by atoms with E-state index in [1.54, 1.807) is 0 Å². The first-order valence-corrected chi connectivity index (χ1v) is 11.4. The zero-order valence-electron chi connectivity index (χ0n) is 19.0. The molecule has 1 rings (SSSR count). The maximum atomic E-state index is 11.8. The van der Waals surface area contributed by atoms with Gasteiger partial charge >= 0.3 is 0 Å². The Bertz CT molecular complexity index is 758. The van der Waals surface area contributed by atoms with Crippen molar-refractivity contribution in [1.82, 2.24) is 9.88 Å². The number of nitrogens with one attached hydrogen (secondary N) is 1. The molecular formula is C25H37BrN4O. The molecule has 0 saturated heterocycles. The van der Waals surface area contributed by atoms with Crippen molar-refractivity contribution in [1.29, 1.82) is 5.26 Å². The van der Waals surface area contributed by atoms with Gasteiger partial charge in [0.2, 0.25) is 12.2 Å². The number of carbonyl (C=O) groups is 1. The fraction of sp³-hybridized carbons (Fsp3) is 0.640. The van der Waals surface area contributed by atoms with Gasteiger partial charge in [0.25, 0.3) is 0 Å². The van der Waals surface area contributed by atoms with Gasteiger partial charge in [-0.25, -0.2) is 9.13 Å². The van der Waals surface area contributed by atoms with E-state index in [4.69, 9.17) is 5.26 Å². The summed E-state index contributed by atoms with van der Waals surface area (Å²) in [4.78, 5) is 11.8. The van der Waals surface area contributed by atoms with Gasteiger partial charge in [0.05, 0.1) is 6.54 Å². The van der Waals surface area contributed by atoms with Crippen molar-refractivity contribution < 1.29 is 26.3 Å². The Labute approximate surface area is 199 Å². The number of rotatable bonds is 15. The van der Waals surface area contributed by atoms with E-state index in [0.29, 0.717) is 25.9 Å². The van der Waals surface area contributed by atoms with Gasteiger partial charge in [-0.1, -0.05) is 63.7 Å². The van der Waals surface area contributed by atoms with Gasteiger partial charge < -0.3 is 22.3 Å². The summed E-state index contributed by atoms with van der Waals surface area (Å²) in [5.74, 6) is 11.8. The monoisotopic (exact) mass is 488 g/mol. The second kappa shape index (κ2) is 21.0. The third kappa shape index (κ3) is 17.2. The Morgan fingerprint density at radius 1 is 1.00 bits per heavy atom. The van der Waals surface area contributed by atoms with Crippen molar-refractivity contribution in [3.8, 4) is 29.8 Å². The molecule has 0 saturated carbocycles. The molecule has 1 heterocycles. The number of nitriles is 1. The lowest BCUT2D eigenvalue weighted by Crippen LogP contribution is -3.00. The van der Waals surface area contributed by atoms with Crippen molar-refractivity contribution in [3.05, 3.63) is 18.7 Å². The Balaban J connectivity index is 0.00000900. The lowest BCUT2D eigenvalue weighted by atomic mass is 10.1. The molecule has 5 nitrogen and oxygen atoms in total. The van der Waals surface area contributed by atoms with Gasteiger partial charge in [-0.15, -0.1) is 0 Å². The van der Waals surface area contributed by atoms with Crippen molar-refractivity contribution >= 4 is 5.91 Å². The second-order valence-electron chi connectivity index (χ2n) is 7.51. The molecule has 6 heteroatoms. The topological polar surface area (TPSA) is 61.7 Å². The van der Waals surface area contributed by atoms with E-state index in [-0.39, 0.29) is 22.9 Å². The molecule has 0 aliphatic carbocycles. The molecule has 0 radical (unpaired) electrons. The number of aromatic nitrogens is 2. The normalized spacial score (nSPS) is 9.42. The molecule has 0 aromatic carbocycles. The number of aryl methyl sites for hydroxylation is 1. The predicted molar refractivity (Wildman–Crippen MR) is 120 cm³/mol. The van der Waals surface area contributed by atoms with Crippen LogP contribution in [-0.4, -0.2) is 17.0 Å². The van der Waals surface area contributed by atoms with Crippen molar-refractivity contribution in [3.63, 3.8) is 0 Å². The highest BCUT2D eigenvalue weighted by atomic mass is 79.9. The summed E-state index contributed by atoms with van der Waals surface area (Å²) in [5.41, 5.74) is 0. The summed E-state index contributed by atoms with van der Waals surface area (Å²) in [5, 5.41) is 11.6. The summed E-state index contributed by atoms with van der Waals surface area (Å²) < 4.78 is 3.84. The molecule has 1 aromatic rings. The highest BCUT2D eigenvalue weighted by molar-refractivity contribution is 5.76. The molecule has 1 amide bonds. The fourth-order valence-electron chi connectivity index (χ4n) is 3.06. The SMILES string of the molecule is CCCCCCCCCCC#CC#CCCC(=O)NCCC[n+]1ccn(CC#N)c1.[Br-]. The minimum Gasteiger partial charge on any atom is -1.00 e. The van der Waals surface area contributed by atoms with E-state index in [1.807, 2.05) is 27.9 Å². The maximum absolute atomic E-state index is 11.8. The van der Waals surface area contributed by atoms with Crippen molar-refractivity contribution in [2.75, 3.05) is 6.54 Å². The number of nitrogens with zero attached hydrogens (tertiary/aromatic N) is 3. The van der Waals surface area contributed by atoms with Crippen LogP contribution in [0.3, 0.4) is 0 Å². The molecule has 170 valence electrons. The van der Waals surface area contributed by atoms with E-state index in [0.717, 1.165) is 25.8 Å². The quantitative estimate of drug-likeness (QED) is 0.228. The minimum absolute atomic E-state index is 0. The summed E-state index contributed by atoms with van der Waals surface area (Å²) in [7, 11) is 0. The Hall–Kier alpha value is -2.23.